The van der Waals surface area contributed by atoms with Crippen LogP contribution in [-0.2, 0) is 4.79 Å². The van der Waals surface area contributed by atoms with Gasteiger partial charge in [-0.1, -0.05) is 99.8 Å². The van der Waals surface area contributed by atoms with E-state index < -0.39 is 5.97 Å². The summed E-state index contributed by atoms with van der Waals surface area (Å²) in [7, 11) is 0. The molecule has 0 aliphatic rings. The fourth-order valence-electron chi connectivity index (χ4n) is 2.78. The van der Waals surface area contributed by atoms with Crippen LogP contribution in [0.15, 0.2) is 60.8 Å². The molecule has 158 valence electrons. The van der Waals surface area contributed by atoms with E-state index in [1.54, 1.807) is 0 Å². The molecule has 0 spiro atoms. The summed E-state index contributed by atoms with van der Waals surface area (Å²) in [4.78, 5) is 10.3. The molecule has 0 aliphatic heterocycles. The third kappa shape index (κ3) is 24.2. The molecule has 0 amide bonds. The Morgan fingerprint density at radius 3 is 1.43 bits per heavy atom. The molecule has 0 fully saturated rings. The van der Waals surface area contributed by atoms with Gasteiger partial charge in [-0.05, 0) is 57.8 Å². The number of allylic oxidation sites excluding steroid dienone is 10. The van der Waals surface area contributed by atoms with Crippen molar-refractivity contribution in [3.8, 4) is 0 Å². The topological polar surface area (TPSA) is 40.1 Å². The molecule has 0 saturated carbocycles. The van der Waals surface area contributed by atoms with Crippen LogP contribution >= 0.6 is 0 Å². The standard InChI is InChI=1S/C26H42O2/c1-2-3-4-5-6-7-8-9-10-11-12-13-14-15-16-17-18-19-20-21-22-23-24-25-26(27)28/h3-4,6-7,9-10,12-13,15-16H,2,5,8,11,14,17-25H2,1H3,(H,27,28)/p-1/b4-3-,7-6-,10-9-,13-12-,16-15-. The molecule has 0 N–H and O–H groups in total. The van der Waals surface area contributed by atoms with Gasteiger partial charge in [0.15, 0.2) is 0 Å². The molecular formula is C26H41O2-. The average Bonchev–Trinajstić information content (AvgIpc) is 2.68. The van der Waals surface area contributed by atoms with Gasteiger partial charge in [-0.3, -0.25) is 0 Å². The molecule has 0 aromatic rings. The van der Waals surface area contributed by atoms with Crippen LogP contribution in [0.5, 0.6) is 0 Å². The quantitative estimate of drug-likeness (QED) is 0.177. The van der Waals surface area contributed by atoms with Crippen molar-refractivity contribution in [1.82, 2.24) is 0 Å². The van der Waals surface area contributed by atoms with E-state index >= 15 is 0 Å². The summed E-state index contributed by atoms with van der Waals surface area (Å²) in [5, 5.41) is 10.3. The Kier molecular flexibility index (Phi) is 21.7. The summed E-state index contributed by atoms with van der Waals surface area (Å²) < 4.78 is 0. The minimum Gasteiger partial charge on any atom is -0.550 e. The van der Waals surface area contributed by atoms with Crippen molar-refractivity contribution in [1.29, 1.82) is 0 Å². The van der Waals surface area contributed by atoms with Gasteiger partial charge in [0.25, 0.3) is 0 Å². The largest absolute Gasteiger partial charge is 0.550 e. The van der Waals surface area contributed by atoms with Gasteiger partial charge in [-0.2, -0.15) is 0 Å². The zero-order valence-electron chi connectivity index (χ0n) is 18.0. The Balaban J connectivity index is 3.35. The van der Waals surface area contributed by atoms with Gasteiger partial charge < -0.3 is 9.90 Å². The van der Waals surface area contributed by atoms with Crippen LogP contribution in [-0.4, -0.2) is 5.97 Å². The van der Waals surface area contributed by atoms with Crippen molar-refractivity contribution in [2.24, 2.45) is 0 Å². The zero-order chi connectivity index (χ0) is 20.5. The first-order valence-corrected chi connectivity index (χ1v) is 11.2. The van der Waals surface area contributed by atoms with Crippen LogP contribution in [0.2, 0.25) is 0 Å². The van der Waals surface area contributed by atoms with Gasteiger partial charge in [0, 0.05) is 5.97 Å². The zero-order valence-corrected chi connectivity index (χ0v) is 18.0. The highest BCUT2D eigenvalue weighted by Crippen LogP contribution is 2.10. The summed E-state index contributed by atoms with van der Waals surface area (Å²) >= 11 is 0. The van der Waals surface area contributed by atoms with Crippen LogP contribution in [0.3, 0.4) is 0 Å². The van der Waals surface area contributed by atoms with Gasteiger partial charge in [-0.15, -0.1) is 0 Å². The number of aliphatic carboxylic acids is 1. The molecule has 0 radical (unpaired) electrons. The molecular weight excluding hydrogens is 344 g/mol. The second-order valence-corrected chi connectivity index (χ2v) is 7.09. The van der Waals surface area contributed by atoms with Gasteiger partial charge in [0.1, 0.15) is 0 Å². The van der Waals surface area contributed by atoms with Crippen molar-refractivity contribution in [3.63, 3.8) is 0 Å². The van der Waals surface area contributed by atoms with E-state index in [9.17, 15) is 9.90 Å². The number of hydrogen-bond acceptors (Lipinski definition) is 2. The summed E-state index contributed by atoms with van der Waals surface area (Å²) in [5.74, 6) is -0.919. The lowest BCUT2D eigenvalue weighted by atomic mass is 10.1. The van der Waals surface area contributed by atoms with E-state index in [0.29, 0.717) is 0 Å². The minimum atomic E-state index is -0.919. The minimum absolute atomic E-state index is 0.212. The van der Waals surface area contributed by atoms with Crippen molar-refractivity contribution in [3.05, 3.63) is 60.8 Å². The molecule has 0 saturated heterocycles. The smallest absolute Gasteiger partial charge is 0.0414 e. The van der Waals surface area contributed by atoms with Crippen LogP contribution in [0.25, 0.3) is 0 Å². The normalized spacial score (nSPS) is 12.6. The fourth-order valence-corrected chi connectivity index (χ4v) is 2.78. The first-order chi connectivity index (χ1) is 13.8. The van der Waals surface area contributed by atoms with Crippen LogP contribution in [0.4, 0.5) is 0 Å². The Bertz CT molecular complexity index is 481. The highest BCUT2D eigenvalue weighted by molar-refractivity contribution is 5.64. The molecule has 0 aliphatic carbocycles. The monoisotopic (exact) mass is 385 g/mol. The number of carbonyl (C=O) groups excluding carboxylic acids is 1. The molecule has 0 bridgehead atoms. The lowest BCUT2D eigenvalue weighted by Crippen LogP contribution is -2.21. The third-order valence-corrected chi connectivity index (χ3v) is 4.41. The maximum absolute atomic E-state index is 10.3. The number of carboxylic acids is 1. The molecule has 2 nitrogen and oxygen atoms in total. The second kappa shape index (κ2) is 23.2. The molecule has 0 rings (SSSR count). The molecule has 0 atom stereocenters. The highest BCUT2D eigenvalue weighted by atomic mass is 16.4. The van der Waals surface area contributed by atoms with E-state index in [0.717, 1.165) is 57.8 Å². The van der Waals surface area contributed by atoms with Crippen molar-refractivity contribution in [2.75, 3.05) is 0 Å². The molecule has 2 heteroatoms. The third-order valence-electron chi connectivity index (χ3n) is 4.41. The predicted molar refractivity (Wildman–Crippen MR) is 121 cm³/mol. The van der Waals surface area contributed by atoms with Gasteiger partial charge in [0.2, 0.25) is 0 Å². The summed E-state index contributed by atoms with van der Waals surface area (Å²) in [5.41, 5.74) is 0. The molecule has 0 aromatic carbocycles. The SMILES string of the molecule is CC/C=C\C/C=C\C/C=C\C/C=C\C/C=C\CCCCCCCCCC(=O)[O-]. The Morgan fingerprint density at radius 1 is 0.571 bits per heavy atom. The van der Waals surface area contributed by atoms with Crippen LogP contribution < -0.4 is 5.11 Å². The van der Waals surface area contributed by atoms with E-state index in [1.807, 2.05) is 0 Å². The van der Waals surface area contributed by atoms with E-state index in [-0.39, 0.29) is 6.42 Å². The molecule has 28 heavy (non-hydrogen) atoms. The van der Waals surface area contributed by atoms with E-state index in [2.05, 4.69) is 67.7 Å². The van der Waals surface area contributed by atoms with E-state index in [4.69, 9.17) is 0 Å². The van der Waals surface area contributed by atoms with Crippen molar-refractivity contribution < 1.29 is 9.90 Å². The van der Waals surface area contributed by atoms with Gasteiger partial charge in [0.05, 0.1) is 0 Å². The predicted octanol–water partition coefficient (Wildman–Crippen LogP) is 7.00. The lowest BCUT2D eigenvalue weighted by molar-refractivity contribution is -0.305. The Morgan fingerprint density at radius 2 is 0.964 bits per heavy atom. The van der Waals surface area contributed by atoms with E-state index in [1.165, 1.54) is 25.7 Å². The van der Waals surface area contributed by atoms with Gasteiger partial charge in [-0.25, -0.2) is 0 Å². The van der Waals surface area contributed by atoms with Crippen molar-refractivity contribution >= 4 is 5.97 Å². The highest BCUT2D eigenvalue weighted by Gasteiger charge is 1.92. The Hall–Kier alpha value is -1.83. The maximum Gasteiger partial charge on any atom is 0.0414 e. The number of carboxylic acid groups (broad SMARTS) is 1. The maximum atomic E-state index is 10.3. The van der Waals surface area contributed by atoms with Crippen LogP contribution in [0.1, 0.15) is 96.8 Å². The van der Waals surface area contributed by atoms with Crippen LogP contribution in [0, 0.1) is 0 Å². The molecule has 0 unspecified atom stereocenters. The lowest BCUT2D eigenvalue weighted by Gasteiger charge is -2.02. The summed E-state index contributed by atoms with van der Waals surface area (Å²) in [6.07, 6.45) is 36.9. The number of carbonyl (C=O) groups is 1. The second-order valence-electron chi connectivity index (χ2n) is 7.09. The first kappa shape index (κ1) is 26.2. The average molecular weight is 386 g/mol. The van der Waals surface area contributed by atoms with Crippen molar-refractivity contribution in [2.45, 2.75) is 96.8 Å². The first-order valence-electron chi connectivity index (χ1n) is 11.2. The summed E-state index contributed by atoms with van der Waals surface area (Å²) in [6.45, 7) is 2.16. The molecule has 0 aromatic heterocycles. The number of hydrogen-bond donors (Lipinski definition) is 0. The number of rotatable bonds is 19. The molecule has 0 heterocycles. The fraction of sp³-hybridized carbons (Fsp3) is 0.577. The van der Waals surface area contributed by atoms with Gasteiger partial charge >= 0.3 is 0 Å². The Labute approximate surface area is 173 Å². The summed E-state index contributed by atoms with van der Waals surface area (Å²) in [6, 6.07) is 0. The number of unbranched alkanes of at least 4 members (excludes halogenated alkanes) is 7.